The molecule has 2 aromatic rings. The van der Waals surface area contributed by atoms with Gasteiger partial charge in [0.15, 0.2) is 5.78 Å². The molecule has 0 N–H and O–H groups in total. The maximum Gasteiger partial charge on any atom is 0.197 e. The van der Waals surface area contributed by atoms with Crippen molar-refractivity contribution in [2.45, 2.75) is 0 Å². The van der Waals surface area contributed by atoms with Crippen molar-refractivity contribution in [2.75, 3.05) is 0 Å². The van der Waals surface area contributed by atoms with E-state index in [0.717, 1.165) is 4.47 Å². The monoisotopic (exact) mass is 340 g/mol. The molecular weight excluding hydrogens is 339 g/mol. The van der Waals surface area contributed by atoms with E-state index in [1.165, 1.54) is 22.7 Å². The van der Waals surface area contributed by atoms with Crippen LogP contribution in [0.15, 0.2) is 21.3 Å². The van der Waals surface area contributed by atoms with E-state index in [-0.39, 0.29) is 5.78 Å². The predicted octanol–water partition coefficient (Wildman–Crippen LogP) is 5.11. The Labute approximate surface area is 113 Å². The second kappa shape index (κ2) is 4.55. The lowest BCUT2D eigenvalue weighted by Gasteiger charge is -1.96. The van der Waals surface area contributed by atoms with E-state index in [1.807, 2.05) is 5.38 Å². The minimum absolute atomic E-state index is 0.101. The van der Waals surface area contributed by atoms with Crippen LogP contribution in [0.5, 0.6) is 0 Å². The first-order chi connectivity index (χ1) is 7.09. The first-order valence-electron chi connectivity index (χ1n) is 3.81. The molecule has 0 aromatic carbocycles. The first kappa shape index (κ1) is 11.6. The minimum Gasteiger partial charge on any atom is -0.288 e. The zero-order valence-electron chi connectivity index (χ0n) is 7.09. The van der Waals surface area contributed by atoms with Crippen molar-refractivity contribution in [1.82, 2.24) is 0 Å². The Kier molecular flexibility index (Phi) is 3.52. The Balaban J connectivity index is 2.45. The Bertz CT molecular complexity index is 518. The molecule has 0 atom stereocenters. The van der Waals surface area contributed by atoms with Crippen molar-refractivity contribution < 1.29 is 4.79 Å². The lowest BCUT2D eigenvalue weighted by Crippen LogP contribution is -1.98. The van der Waals surface area contributed by atoms with Crippen molar-refractivity contribution in [3.63, 3.8) is 0 Å². The highest BCUT2D eigenvalue weighted by atomic mass is 79.9. The smallest absolute Gasteiger partial charge is 0.197 e. The van der Waals surface area contributed by atoms with Crippen molar-refractivity contribution in [1.29, 1.82) is 0 Å². The van der Waals surface area contributed by atoms with E-state index in [4.69, 9.17) is 23.2 Å². The van der Waals surface area contributed by atoms with Gasteiger partial charge in [0.25, 0.3) is 0 Å². The van der Waals surface area contributed by atoms with Gasteiger partial charge >= 0.3 is 0 Å². The van der Waals surface area contributed by atoms with Gasteiger partial charge in [-0.05, 0) is 22.0 Å². The zero-order valence-corrected chi connectivity index (χ0v) is 11.8. The van der Waals surface area contributed by atoms with Crippen LogP contribution in [0.4, 0.5) is 0 Å². The molecule has 0 saturated carbocycles. The highest BCUT2D eigenvalue weighted by Gasteiger charge is 2.18. The molecule has 0 radical (unpaired) electrons. The van der Waals surface area contributed by atoms with Gasteiger partial charge in [0, 0.05) is 20.8 Å². The Morgan fingerprint density at radius 1 is 1.27 bits per heavy atom. The summed E-state index contributed by atoms with van der Waals surface area (Å²) in [5.41, 5.74) is 1.09. The fraction of sp³-hybridized carbons (Fsp3) is 0. The van der Waals surface area contributed by atoms with Crippen LogP contribution in [0.3, 0.4) is 0 Å². The zero-order chi connectivity index (χ0) is 11.0. The number of carbonyl (C=O) groups is 1. The summed E-state index contributed by atoms with van der Waals surface area (Å²) in [6.45, 7) is 0. The predicted molar refractivity (Wildman–Crippen MR) is 69.8 cm³/mol. The van der Waals surface area contributed by atoms with Crippen LogP contribution in [-0.4, -0.2) is 5.78 Å². The second-order valence-corrected chi connectivity index (χ2v) is 6.58. The number of rotatable bonds is 2. The molecule has 15 heavy (non-hydrogen) atoms. The average Bonchev–Trinajstić information content (AvgIpc) is 2.71. The molecule has 2 heterocycles. The highest BCUT2D eigenvalue weighted by Crippen LogP contribution is 2.34. The third-order valence-corrected chi connectivity index (χ3v) is 4.95. The van der Waals surface area contributed by atoms with E-state index in [2.05, 4.69) is 15.9 Å². The van der Waals surface area contributed by atoms with Crippen LogP contribution >= 0.6 is 61.8 Å². The normalized spacial score (nSPS) is 10.6. The van der Waals surface area contributed by atoms with Crippen molar-refractivity contribution >= 4 is 67.6 Å². The molecule has 0 fully saturated rings. The molecule has 0 spiro atoms. The van der Waals surface area contributed by atoms with Crippen LogP contribution in [0.1, 0.15) is 15.9 Å². The van der Waals surface area contributed by atoms with E-state index in [1.54, 1.807) is 11.4 Å². The van der Waals surface area contributed by atoms with E-state index < -0.39 is 0 Å². The van der Waals surface area contributed by atoms with Crippen molar-refractivity contribution in [2.24, 2.45) is 0 Å². The minimum atomic E-state index is -0.101. The summed E-state index contributed by atoms with van der Waals surface area (Å²) in [5.74, 6) is -0.101. The fourth-order valence-corrected chi connectivity index (χ4v) is 4.00. The quantitative estimate of drug-likeness (QED) is 0.693. The third kappa shape index (κ3) is 2.29. The molecule has 1 nitrogen and oxygen atoms in total. The van der Waals surface area contributed by atoms with Crippen LogP contribution in [0, 0.1) is 0 Å². The van der Waals surface area contributed by atoms with Gasteiger partial charge in [0.05, 0.1) is 9.90 Å². The summed E-state index contributed by atoms with van der Waals surface area (Å²) in [6.07, 6.45) is 0. The largest absolute Gasteiger partial charge is 0.288 e. The van der Waals surface area contributed by atoms with Crippen LogP contribution in [0.25, 0.3) is 0 Å². The van der Waals surface area contributed by atoms with Gasteiger partial charge in [-0.1, -0.05) is 23.2 Å². The highest BCUT2D eigenvalue weighted by molar-refractivity contribution is 9.10. The van der Waals surface area contributed by atoms with Crippen molar-refractivity contribution in [3.8, 4) is 0 Å². The van der Waals surface area contributed by atoms with Gasteiger partial charge < -0.3 is 0 Å². The summed E-state index contributed by atoms with van der Waals surface area (Å²) < 4.78 is 1.74. The number of halogens is 3. The topological polar surface area (TPSA) is 17.1 Å². The fourth-order valence-electron chi connectivity index (χ4n) is 1.08. The van der Waals surface area contributed by atoms with Gasteiger partial charge in [0.2, 0.25) is 0 Å². The number of thiophene rings is 2. The van der Waals surface area contributed by atoms with Crippen molar-refractivity contribution in [3.05, 3.63) is 41.1 Å². The number of hydrogen-bond acceptors (Lipinski definition) is 3. The summed E-state index contributed by atoms with van der Waals surface area (Å²) in [5, 5.41) is 3.64. The van der Waals surface area contributed by atoms with Gasteiger partial charge in [-0.15, -0.1) is 11.3 Å². The van der Waals surface area contributed by atoms with Gasteiger partial charge in [0.1, 0.15) is 4.34 Å². The molecule has 6 heteroatoms. The Morgan fingerprint density at radius 3 is 2.47 bits per heavy atom. The number of hydrogen-bond donors (Lipinski definition) is 0. The molecule has 78 valence electrons. The second-order valence-electron chi connectivity index (χ2n) is 2.70. The molecule has 0 amide bonds. The van der Waals surface area contributed by atoms with Gasteiger partial charge in [-0.3, -0.25) is 4.79 Å². The van der Waals surface area contributed by atoms with Crippen LogP contribution < -0.4 is 0 Å². The Morgan fingerprint density at radius 2 is 2.00 bits per heavy atom. The molecule has 2 aromatic heterocycles. The summed E-state index contributed by atoms with van der Waals surface area (Å²) >= 11 is 17.7. The lowest BCUT2D eigenvalue weighted by atomic mass is 10.1. The maximum absolute atomic E-state index is 12.0. The molecule has 0 saturated heterocycles. The van der Waals surface area contributed by atoms with E-state index >= 15 is 0 Å². The molecule has 0 aliphatic heterocycles. The summed E-state index contributed by atoms with van der Waals surface area (Å²) in [6, 6.07) is 1.60. The molecule has 0 unspecified atom stereocenters. The van der Waals surface area contributed by atoms with Crippen LogP contribution in [0.2, 0.25) is 8.67 Å². The molecule has 2 rings (SSSR count). The number of carbonyl (C=O) groups excluding carboxylic acids is 1. The lowest BCUT2D eigenvalue weighted by molar-refractivity contribution is 0.103. The third-order valence-electron chi connectivity index (χ3n) is 1.76. The molecule has 0 aliphatic carbocycles. The van der Waals surface area contributed by atoms with Crippen LogP contribution in [-0.2, 0) is 0 Å². The first-order valence-corrected chi connectivity index (χ1v) is 7.11. The molecule has 0 bridgehead atoms. The Hall–Kier alpha value is 0.130. The van der Waals surface area contributed by atoms with Gasteiger partial charge in [-0.25, -0.2) is 0 Å². The average molecular weight is 342 g/mol. The van der Waals surface area contributed by atoms with Gasteiger partial charge in [-0.2, -0.15) is 11.3 Å². The van der Waals surface area contributed by atoms with E-state index in [0.29, 0.717) is 19.8 Å². The van der Waals surface area contributed by atoms with E-state index in [9.17, 15) is 4.79 Å². The SMILES string of the molecule is O=C(c1cscc1Br)c1cc(Cl)sc1Cl. The summed E-state index contributed by atoms with van der Waals surface area (Å²) in [7, 11) is 0. The maximum atomic E-state index is 12.0. The molecular formula is C9H3BrCl2OS2. The number of ketones is 1. The molecule has 0 aliphatic rings. The summed E-state index contributed by atoms with van der Waals surface area (Å²) in [4.78, 5) is 12.0. The standard InChI is InChI=1S/C9H3BrCl2OS2/c10-6-3-14-2-5(6)8(13)4-1-7(11)15-9(4)12/h1-3H.